The molecule has 4 aromatic rings. The molecule has 0 aliphatic carbocycles. The van der Waals surface area contributed by atoms with E-state index < -0.39 is 73.9 Å². The predicted molar refractivity (Wildman–Crippen MR) is 277 cm³/mol. The van der Waals surface area contributed by atoms with Crippen molar-refractivity contribution in [2.24, 2.45) is 0 Å². The Kier molecular flexibility index (Phi) is 12.9. The summed E-state index contributed by atoms with van der Waals surface area (Å²) >= 11 is 0. The summed E-state index contributed by atoms with van der Waals surface area (Å²) in [4.78, 5) is 47.8. The topological polar surface area (TPSA) is 131 Å². The van der Waals surface area contributed by atoms with E-state index in [1.54, 1.807) is 37.8 Å². The van der Waals surface area contributed by atoms with Gasteiger partial charge >= 0.3 is 18.2 Å². The van der Waals surface area contributed by atoms with Crippen LogP contribution in [0.25, 0.3) is 32.9 Å². The van der Waals surface area contributed by atoms with Crippen LogP contribution in [0, 0.1) is 17.3 Å². The summed E-state index contributed by atoms with van der Waals surface area (Å²) in [7, 11) is -2.28. The second-order valence-electron chi connectivity index (χ2n) is 23.8. The third kappa shape index (κ3) is 9.24. The van der Waals surface area contributed by atoms with Crippen molar-refractivity contribution in [3.05, 3.63) is 53.9 Å². The molecule has 13 nitrogen and oxygen atoms in total. The van der Waals surface area contributed by atoms with Gasteiger partial charge in [-0.3, -0.25) is 15.1 Å². The third-order valence-electron chi connectivity index (χ3n) is 15.4. The van der Waals surface area contributed by atoms with Crippen LogP contribution >= 0.6 is 0 Å². The Morgan fingerprint density at radius 2 is 1.67 bits per heavy atom. The quantitative estimate of drug-likeness (QED) is 0.103. The summed E-state index contributed by atoms with van der Waals surface area (Å²) < 4.78 is 73.7. The Balaban J connectivity index is 1.26. The molecule has 2 aromatic heterocycles. The lowest BCUT2D eigenvalue weighted by Crippen LogP contribution is -2.65. The number of carbonyl (C=O) groups excluding carboxylic acids is 2. The van der Waals surface area contributed by atoms with Crippen molar-refractivity contribution in [2.45, 2.75) is 179 Å². The second-order valence-corrected chi connectivity index (χ2v) is 29.4. The predicted octanol–water partition coefficient (Wildman–Crippen LogP) is 12.1. The second kappa shape index (κ2) is 18.1. The highest BCUT2D eigenvalue weighted by Crippen LogP contribution is 2.50. The van der Waals surface area contributed by atoms with Gasteiger partial charge in [0.15, 0.2) is 5.82 Å². The van der Waals surface area contributed by atoms with Crippen molar-refractivity contribution >= 4 is 53.4 Å². The van der Waals surface area contributed by atoms with Gasteiger partial charge in [0.2, 0.25) is 5.88 Å². The molecule has 4 fully saturated rings. The number of hydrogen-bond donors (Lipinski definition) is 1. The van der Waals surface area contributed by atoms with Crippen LogP contribution in [0.2, 0.25) is 16.6 Å². The molecule has 7 heterocycles. The number of alkyl halides is 2. The highest BCUT2D eigenvalue weighted by atomic mass is 28.3. The molecular formula is C55H70F3N7O6Si. The number of ether oxygens (including phenoxy) is 4. The first-order valence-electron chi connectivity index (χ1n) is 25.5. The number of nitrogens with one attached hydrogen (secondary N) is 1. The van der Waals surface area contributed by atoms with Crippen LogP contribution < -0.4 is 19.7 Å². The molecule has 2 aromatic carbocycles. The normalized spacial score (nSPS) is 23.8. The maximum Gasteiger partial charge on any atom is 0.412 e. The number of fused-ring (bicyclic) bond motifs is 7. The minimum atomic E-state index is -2.94. The van der Waals surface area contributed by atoms with Crippen molar-refractivity contribution in [2.75, 3.05) is 36.5 Å². The van der Waals surface area contributed by atoms with E-state index >= 15 is 13.2 Å². The summed E-state index contributed by atoms with van der Waals surface area (Å²) in [6.45, 7) is 30.3. The molecule has 4 saturated heterocycles. The number of halogens is 3. The molecule has 2 bridgehead atoms. The molecule has 2 amide bonds. The lowest BCUT2D eigenvalue weighted by atomic mass is 9.93. The number of benzene rings is 2. The van der Waals surface area contributed by atoms with Gasteiger partial charge in [0.05, 0.1) is 30.2 Å². The van der Waals surface area contributed by atoms with Gasteiger partial charge < -0.3 is 23.8 Å². The fraction of sp³-hybridized carbons (Fsp3) is 0.582. The van der Waals surface area contributed by atoms with Gasteiger partial charge in [0.1, 0.15) is 54.4 Å². The zero-order valence-corrected chi connectivity index (χ0v) is 45.1. The van der Waals surface area contributed by atoms with Gasteiger partial charge in [-0.05, 0) is 108 Å². The minimum absolute atomic E-state index is 0.0601. The molecule has 72 heavy (non-hydrogen) atoms. The minimum Gasteiger partial charge on any atom is -0.472 e. The lowest BCUT2D eigenvalue weighted by Gasteiger charge is -2.48. The van der Waals surface area contributed by atoms with Crippen molar-refractivity contribution < 1.29 is 41.7 Å². The maximum absolute atomic E-state index is 18.5. The maximum atomic E-state index is 18.5. The Morgan fingerprint density at radius 1 is 0.972 bits per heavy atom. The van der Waals surface area contributed by atoms with Crippen molar-refractivity contribution in [1.29, 1.82) is 0 Å². The molecule has 17 heteroatoms. The first kappa shape index (κ1) is 51.3. The molecule has 386 valence electrons. The largest absolute Gasteiger partial charge is 0.472 e. The van der Waals surface area contributed by atoms with Gasteiger partial charge in [-0.2, -0.15) is 9.97 Å². The summed E-state index contributed by atoms with van der Waals surface area (Å²) in [5, 5.41) is 4.35. The number of aromatic nitrogens is 3. The number of carbonyl (C=O) groups is 2. The number of amides is 2. The van der Waals surface area contributed by atoms with Gasteiger partial charge in [0, 0.05) is 41.7 Å². The lowest BCUT2D eigenvalue weighted by molar-refractivity contribution is 0.000854. The highest BCUT2D eigenvalue weighted by molar-refractivity contribution is 6.90. The van der Waals surface area contributed by atoms with Gasteiger partial charge in [-0.25, -0.2) is 27.7 Å². The zero-order chi connectivity index (χ0) is 52.2. The summed E-state index contributed by atoms with van der Waals surface area (Å²) in [5.74, 6) is 0.219. The van der Waals surface area contributed by atoms with Crippen molar-refractivity contribution in [1.82, 2.24) is 24.8 Å². The molecule has 0 saturated carbocycles. The zero-order valence-electron chi connectivity index (χ0n) is 44.1. The van der Waals surface area contributed by atoms with Crippen LogP contribution in [0.3, 0.4) is 0 Å². The summed E-state index contributed by atoms with van der Waals surface area (Å²) in [5.41, 5.74) is 4.12. The van der Waals surface area contributed by atoms with E-state index in [0.717, 1.165) is 5.57 Å². The van der Waals surface area contributed by atoms with Crippen LogP contribution in [0.1, 0.15) is 121 Å². The van der Waals surface area contributed by atoms with E-state index in [1.807, 2.05) is 50.8 Å². The standard InChI is InChI=1S/C55H70F3N7O6Si/c1-30(2)72(31(3)4,32(5)6)21-20-35-16-15-17-36-22-37(59-50(66)70-52(9,10)11)23-39(41(35)36)44-43(56)45-42-47(62-49(61-45)68-29-54-24-33(7)25-63(54)28-55(57,58)27-54)64-26-38-18-19-40(46(64)34(8)69-48(42)60-44)65(38)51(67)71-53(12,13)14/h15-17,22-23,30-32,34,38,40,46H,7,18-19,24-29H2,1-6,8-14H3,(H,59,66)/t34-,38+,40-,46+,54?/m0/s1. The van der Waals surface area contributed by atoms with Crippen LogP contribution in [0.5, 0.6) is 11.9 Å². The molecule has 5 atom stereocenters. The monoisotopic (exact) mass is 1010 g/mol. The highest BCUT2D eigenvalue weighted by Gasteiger charge is 2.59. The van der Waals surface area contributed by atoms with E-state index in [4.69, 9.17) is 33.9 Å². The third-order valence-corrected chi connectivity index (χ3v) is 21.7. The summed E-state index contributed by atoms with van der Waals surface area (Å²) in [6.07, 6.45) is -0.548. The Labute approximate surface area is 422 Å². The number of rotatable bonds is 8. The number of nitrogens with zero attached hydrogens (tertiary/aromatic N) is 6. The van der Waals surface area contributed by atoms with E-state index in [0.29, 0.717) is 82.4 Å². The molecule has 5 aliphatic rings. The molecular weight excluding hydrogens is 940 g/mol. The average Bonchev–Trinajstić information content (AvgIpc) is 3.78. The first-order chi connectivity index (χ1) is 33.6. The number of hydrogen-bond acceptors (Lipinski definition) is 11. The number of piperazine rings is 1. The number of anilines is 2. The Hall–Kier alpha value is -5.60. The van der Waals surface area contributed by atoms with Crippen LogP contribution in [0.4, 0.5) is 34.3 Å². The first-order valence-corrected chi connectivity index (χ1v) is 27.7. The van der Waals surface area contributed by atoms with Crippen LogP contribution in [0.15, 0.2) is 42.5 Å². The summed E-state index contributed by atoms with van der Waals surface area (Å²) in [6, 6.07) is 7.83. The Bertz CT molecular complexity index is 2900. The smallest absolute Gasteiger partial charge is 0.412 e. The van der Waals surface area contributed by atoms with Crippen molar-refractivity contribution in [3.63, 3.8) is 0 Å². The van der Waals surface area contributed by atoms with Crippen molar-refractivity contribution in [3.8, 4) is 34.6 Å². The van der Waals surface area contributed by atoms with E-state index in [2.05, 4.69) is 69.8 Å². The molecule has 5 aliphatic heterocycles. The van der Waals surface area contributed by atoms with Crippen LogP contribution in [-0.2, 0) is 9.47 Å². The fourth-order valence-electron chi connectivity index (χ4n) is 12.8. The number of pyridine rings is 1. The molecule has 1 N–H and O–H groups in total. The van der Waals surface area contributed by atoms with E-state index in [9.17, 15) is 9.59 Å². The molecule has 0 spiro atoms. The Morgan fingerprint density at radius 3 is 2.33 bits per heavy atom. The van der Waals surface area contributed by atoms with Gasteiger partial charge in [0.25, 0.3) is 5.92 Å². The molecule has 1 unspecified atom stereocenters. The molecule has 0 radical (unpaired) electrons. The fourth-order valence-corrected chi connectivity index (χ4v) is 18.0. The van der Waals surface area contributed by atoms with Crippen LogP contribution in [-0.4, -0.2) is 118 Å². The average molecular weight is 1010 g/mol. The van der Waals surface area contributed by atoms with Gasteiger partial charge in [-0.1, -0.05) is 71.7 Å². The SMILES string of the molecule is C=C1CN2CC(F)(F)CC2(COc2nc3c4c(nc(-c5cc(NC(=O)OC(C)(C)C)cc6cccc(C#C[Si](C(C)C)(C(C)C)C(C)C)c56)c(F)c4n2)O[C@@H](C)[C@@H]2[C@@H]4CC[C@H](CN32)N4C(=O)OC(C)(C)C)C1. The van der Waals surface area contributed by atoms with E-state index in [-0.39, 0.29) is 47.2 Å². The molecule has 9 rings (SSSR count). The van der Waals surface area contributed by atoms with E-state index in [1.165, 1.54) is 0 Å². The van der Waals surface area contributed by atoms with Gasteiger partial charge in [-0.15, -0.1) is 5.54 Å².